The van der Waals surface area contributed by atoms with Gasteiger partial charge in [0.15, 0.2) is 0 Å². The minimum absolute atomic E-state index is 0.155. The molecule has 0 fully saturated rings. The number of hydrogen-bond acceptors (Lipinski definition) is 2. The van der Waals surface area contributed by atoms with E-state index in [-0.39, 0.29) is 4.75 Å². The van der Waals surface area contributed by atoms with Crippen molar-refractivity contribution in [2.75, 3.05) is 0 Å². The van der Waals surface area contributed by atoms with Crippen molar-refractivity contribution in [1.29, 1.82) is 0 Å². The van der Waals surface area contributed by atoms with Gasteiger partial charge in [0.25, 0.3) is 0 Å². The monoisotopic (exact) mass is 197 g/mol. The maximum Gasteiger partial charge on any atom is 0.0664 e. The molecule has 1 heterocycles. The van der Waals surface area contributed by atoms with Crippen LogP contribution in [0.1, 0.15) is 26.5 Å². The molecule has 0 radical (unpaired) electrons. The first-order valence-electron chi connectivity index (χ1n) is 4.28. The standard InChI is InChI=1S/C10H15NOS/c1-10(2,3)13(12)8-9-6-4-5-7-11-9/h4-7H,8H2,1-3H3/t13-/m1/s1. The number of hydrogen-bond donors (Lipinski definition) is 0. The second-order valence-corrected chi connectivity index (χ2v) is 6.13. The summed E-state index contributed by atoms with van der Waals surface area (Å²) in [5.41, 5.74) is 0.899. The fourth-order valence-electron chi connectivity index (χ4n) is 0.834. The Morgan fingerprint density at radius 3 is 2.54 bits per heavy atom. The van der Waals surface area contributed by atoms with E-state index in [4.69, 9.17) is 0 Å². The zero-order valence-corrected chi connectivity index (χ0v) is 9.10. The Kier molecular flexibility index (Phi) is 3.20. The van der Waals surface area contributed by atoms with Crippen molar-refractivity contribution in [3.05, 3.63) is 30.1 Å². The molecule has 0 amide bonds. The lowest BCUT2D eigenvalue weighted by molar-refractivity contribution is 0.647. The van der Waals surface area contributed by atoms with Gasteiger partial charge in [0.05, 0.1) is 11.4 Å². The highest BCUT2D eigenvalue weighted by molar-refractivity contribution is 7.85. The number of nitrogens with zero attached hydrogens (tertiary/aromatic N) is 1. The van der Waals surface area contributed by atoms with Crippen LogP contribution in [0.15, 0.2) is 24.4 Å². The molecule has 1 aromatic heterocycles. The Hall–Kier alpha value is -0.700. The fraction of sp³-hybridized carbons (Fsp3) is 0.500. The molecule has 2 nitrogen and oxygen atoms in total. The van der Waals surface area contributed by atoms with E-state index in [9.17, 15) is 4.21 Å². The normalized spacial score (nSPS) is 14.1. The molecule has 1 aromatic rings. The van der Waals surface area contributed by atoms with Crippen molar-refractivity contribution in [1.82, 2.24) is 4.98 Å². The molecule has 13 heavy (non-hydrogen) atoms. The van der Waals surface area contributed by atoms with Gasteiger partial charge in [-0.05, 0) is 32.9 Å². The summed E-state index contributed by atoms with van der Waals surface area (Å²) in [4.78, 5) is 4.14. The maximum absolute atomic E-state index is 11.7. The van der Waals surface area contributed by atoms with Gasteiger partial charge in [-0.15, -0.1) is 0 Å². The summed E-state index contributed by atoms with van der Waals surface area (Å²) in [6.07, 6.45) is 1.73. The summed E-state index contributed by atoms with van der Waals surface area (Å²) >= 11 is 0. The van der Waals surface area contributed by atoms with Gasteiger partial charge in [0, 0.05) is 21.7 Å². The van der Waals surface area contributed by atoms with E-state index in [1.165, 1.54) is 0 Å². The van der Waals surface area contributed by atoms with Crippen molar-refractivity contribution < 1.29 is 4.21 Å². The van der Waals surface area contributed by atoms with Crippen molar-refractivity contribution in [2.45, 2.75) is 31.3 Å². The SMILES string of the molecule is CC(C)(C)[S@](=O)Cc1ccccn1. The molecular formula is C10H15NOS. The number of rotatable bonds is 2. The second kappa shape index (κ2) is 4.01. The van der Waals surface area contributed by atoms with Crippen LogP contribution in [0.3, 0.4) is 0 Å². The van der Waals surface area contributed by atoms with Crippen LogP contribution in [0.2, 0.25) is 0 Å². The Labute approximate surface area is 81.9 Å². The topological polar surface area (TPSA) is 30.0 Å². The average Bonchev–Trinajstić information content (AvgIpc) is 2.04. The maximum atomic E-state index is 11.7. The van der Waals surface area contributed by atoms with E-state index in [0.717, 1.165) is 5.69 Å². The molecule has 72 valence electrons. The van der Waals surface area contributed by atoms with Gasteiger partial charge in [-0.25, -0.2) is 0 Å². The largest absolute Gasteiger partial charge is 0.260 e. The first-order chi connectivity index (χ1) is 6.00. The number of aromatic nitrogens is 1. The predicted molar refractivity (Wildman–Crippen MR) is 55.8 cm³/mol. The molecule has 1 rings (SSSR count). The minimum Gasteiger partial charge on any atom is -0.260 e. The Balaban J connectivity index is 2.66. The summed E-state index contributed by atoms with van der Waals surface area (Å²) in [6, 6.07) is 5.69. The highest BCUT2D eigenvalue weighted by atomic mass is 32.2. The zero-order valence-electron chi connectivity index (χ0n) is 8.28. The Bertz CT molecular complexity index is 290. The van der Waals surface area contributed by atoms with E-state index in [2.05, 4.69) is 4.98 Å². The van der Waals surface area contributed by atoms with Crippen LogP contribution in [0.25, 0.3) is 0 Å². The van der Waals surface area contributed by atoms with Gasteiger partial charge in [0.2, 0.25) is 0 Å². The van der Waals surface area contributed by atoms with E-state index in [1.54, 1.807) is 6.20 Å². The average molecular weight is 197 g/mol. The third-order valence-electron chi connectivity index (χ3n) is 1.69. The van der Waals surface area contributed by atoms with E-state index >= 15 is 0 Å². The van der Waals surface area contributed by atoms with E-state index < -0.39 is 10.8 Å². The molecule has 0 saturated carbocycles. The lowest BCUT2D eigenvalue weighted by atomic mass is 10.3. The van der Waals surface area contributed by atoms with Crippen LogP contribution < -0.4 is 0 Å². The molecule has 0 bridgehead atoms. The van der Waals surface area contributed by atoms with Crippen molar-refractivity contribution in [2.24, 2.45) is 0 Å². The lowest BCUT2D eigenvalue weighted by Crippen LogP contribution is -2.23. The van der Waals surface area contributed by atoms with E-state index in [1.807, 2.05) is 39.0 Å². The molecule has 1 atom stereocenters. The quantitative estimate of drug-likeness (QED) is 0.727. The van der Waals surface area contributed by atoms with Crippen molar-refractivity contribution >= 4 is 10.8 Å². The molecule has 0 N–H and O–H groups in total. The first kappa shape index (κ1) is 10.4. The second-order valence-electron chi connectivity index (χ2n) is 3.92. The third kappa shape index (κ3) is 3.27. The molecule has 0 aromatic carbocycles. The van der Waals surface area contributed by atoms with Crippen LogP contribution >= 0.6 is 0 Å². The molecule has 0 aliphatic rings. The molecule has 0 saturated heterocycles. The molecule has 0 aliphatic heterocycles. The van der Waals surface area contributed by atoms with Gasteiger partial charge in [-0.2, -0.15) is 0 Å². The van der Waals surface area contributed by atoms with Gasteiger partial charge >= 0.3 is 0 Å². The summed E-state index contributed by atoms with van der Waals surface area (Å²) < 4.78 is 11.5. The van der Waals surface area contributed by atoms with Crippen LogP contribution in [0, 0.1) is 0 Å². The zero-order chi connectivity index (χ0) is 9.90. The van der Waals surface area contributed by atoms with Gasteiger partial charge in [0.1, 0.15) is 0 Å². The van der Waals surface area contributed by atoms with Crippen LogP contribution in [0.5, 0.6) is 0 Å². The van der Waals surface area contributed by atoms with Crippen LogP contribution in [-0.2, 0) is 16.6 Å². The summed E-state index contributed by atoms with van der Waals surface area (Å²) in [6.45, 7) is 5.93. The molecule has 0 aliphatic carbocycles. The summed E-state index contributed by atoms with van der Waals surface area (Å²) in [7, 11) is -0.851. The Morgan fingerprint density at radius 1 is 1.38 bits per heavy atom. The number of pyridine rings is 1. The van der Waals surface area contributed by atoms with Gasteiger partial charge in [-0.1, -0.05) is 6.07 Å². The third-order valence-corrected chi connectivity index (χ3v) is 3.61. The molecular weight excluding hydrogens is 182 g/mol. The lowest BCUT2D eigenvalue weighted by Gasteiger charge is -2.16. The molecule has 3 heteroatoms. The van der Waals surface area contributed by atoms with E-state index in [0.29, 0.717) is 5.75 Å². The molecule has 0 spiro atoms. The highest BCUT2D eigenvalue weighted by Crippen LogP contribution is 2.14. The Morgan fingerprint density at radius 2 is 2.08 bits per heavy atom. The molecule has 0 unspecified atom stereocenters. The van der Waals surface area contributed by atoms with Gasteiger partial charge < -0.3 is 0 Å². The fourth-order valence-corrected chi connectivity index (χ4v) is 1.71. The van der Waals surface area contributed by atoms with Gasteiger partial charge in [-0.3, -0.25) is 9.19 Å². The minimum atomic E-state index is -0.851. The smallest absolute Gasteiger partial charge is 0.0664 e. The first-order valence-corrected chi connectivity index (χ1v) is 5.60. The van der Waals surface area contributed by atoms with Crippen molar-refractivity contribution in [3.63, 3.8) is 0 Å². The predicted octanol–water partition coefficient (Wildman–Crippen LogP) is 2.13. The van der Waals surface area contributed by atoms with Crippen LogP contribution in [-0.4, -0.2) is 13.9 Å². The van der Waals surface area contributed by atoms with Crippen LogP contribution in [0.4, 0.5) is 0 Å². The summed E-state index contributed by atoms with van der Waals surface area (Å²) in [5.74, 6) is 0.546. The van der Waals surface area contributed by atoms with Crippen molar-refractivity contribution in [3.8, 4) is 0 Å². The summed E-state index contributed by atoms with van der Waals surface area (Å²) in [5, 5.41) is 0. The highest BCUT2D eigenvalue weighted by Gasteiger charge is 2.19.